The number of anilines is 1. The molecule has 0 saturated carbocycles. The van der Waals surface area contributed by atoms with Crippen LogP contribution in [0.15, 0.2) is 47.5 Å². The van der Waals surface area contributed by atoms with Gasteiger partial charge in [-0.1, -0.05) is 102 Å². The molecule has 1 saturated heterocycles. The van der Waals surface area contributed by atoms with E-state index < -0.39 is 10.1 Å². The molecule has 0 aliphatic carbocycles. The van der Waals surface area contributed by atoms with Crippen molar-refractivity contribution in [2.24, 2.45) is 0 Å². The Morgan fingerprint density at radius 2 is 1.36 bits per heavy atom. The Labute approximate surface area is 273 Å². The van der Waals surface area contributed by atoms with Crippen LogP contribution in [0.3, 0.4) is 0 Å². The summed E-state index contributed by atoms with van der Waals surface area (Å²) in [5, 5.41) is 3.05. The predicted octanol–water partition coefficient (Wildman–Crippen LogP) is 7.52. The molecule has 1 aliphatic rings. The first kappa shape index (κ1) is 37.0. The van der Waals surface area contributed by atoms with Crippen LogP contribution in [0.25, 0.3) is 0 Å². The van der Waals surface area contributed by atoms with Crippen molar-refractivity contribution in [3.05, 3.63) is 53.7 Å². The second-order valence-corrected chi connectivity index (χ2v) is 14.1. The second-order valence-electron chi connectivity index (χ2n) is 12.5. The number of aromatic nitrogens is 1. The van der Waals surface area contributed by atoms with E-state index in [1.54, 1.807) is 30.5 Å². The van der Waals surface area contributed by atoms with E-state index in [9.17, 15) is 13.2 Å². The normalized spacial score (nSPS) is 14.1. The summed E-state index contributed by atoms with van der Waals surface area (Å²) in [6, 6.07) is 10.7. The van der Waals surface area contributed by atoms with E-state index in [2.05, 4.69) is 27.0 Å². The molecule has 252 valence electrons. The van der Waals surface area contributed by atoms with E-state index in [4.69, 9.17) is 4.18 Å². The number of unbranched alkanes of at least 4 members (excludes halogenated alkanes) is 13. The van der Waals surface area contributed by atoms with Gasteiger partial charge >= 0.3 is 0 Å². The molecule has 1 aliphatic heterocycles. The van der Waals surface area contributed by atoms with Crippen molar-refractivity contribution >= 4 is 21.8 Å². The zero-order chi connectivity index (χ0) is 32.2. The first-order valence-electron chi connectivity index (χ1n) is 17.6. The maximum absolute atomic E-state index is 12.5. The number of hydrogen-bond donors (Lipinski definition) is 1. The number of nitrogens with zero attached hydrogens (tertiary/aromatic N) is 3. The maximum Gasteiger partial charge on any atom is 0.296 e. The number of carbonyl (C=O) groups excluding carboxylic acids is 1. The largest absolute Gasteiger partial charge is 0.354 e. The highest BCUT2D eigenvalue weighted by atomic mass is 32.2. The summed E-state index contributed by atoms with van der Waals surface area (Å²) in [7, 11) is -3.64. The fourth-order valence-electron chi connectivity index (χ4n) is 5.71. The number of carbonyl (C=O) groups is 1. The van der Waals surface area contributed by atoms with Gasteiger partial charge in [0.05, 0.1) is 17.1 Å². The van der Waals surface area contributed by atoms with Crippen molar-refractivity contribution < 1.29 is 17.4 Å². The molecule has 3 rings (SSSR count). The summed E-state index contributed by atoms with van der Waals surface area (Å²) in [6.07, 6.45) is 19.4. The maximum atomic E-state index is 12.5. The van der Waals surface area contributed by atoms with Crippen LogP contribution in [-0.2, 0) is 14.3 Å². The Balaban J connectivity index is 1.08. The topological polar surface area (TPSA) is 91.8 Å². The van der Waals surface area contributed by atoms with Crippen LogP contribution in [0, 0.1) is 6.92 Å². The smallest absolute Gasteiger partial charge is 0.296 e. The lowest BCUT2D eigenvalue weighted by Crippen LogP contribution is -2.46. The Bertz CT molecular complexity index is 1180. The molecule has 1 aromatic heterocycles. The molecule has 9 heteroatoms. The zero-order valence-electron chi connectivity index (χ0n) is 28.0. The highest BCUT2D eigenvalue weighted by molar-refractivity contribution is 7.86. The molecule has 1 amide bonds. The molecular weight excluding hydrogens is 584 g/mol. The number of aryl methyl sites for hydroxylation is 1. The van der Waals surface area contributed by atoms with Crippen LogP contribution in [0.2, 0.25) is 0 Å². The summed E-state index contributed by atoms with van der Waals surface area (Å²) < 4.78 is 29.6. The molecule has 2 heterocycles. The van der Waals surface area contributed by atoms with Crippen LogP contribution < -0.4 is 10.2 Å². The molecule has 1 N–H and O–H groups in total. The molecule has 0 atom stereocenters. The van der Waals surface area contributed by atoms with E-state index >= 15 is 0 Å². The van der Waals surface area contributed by atoms with Crippen molar-refractivity contribution in [2.45, 2.75) is 115 Å². The molecule has 2 aromatic rings. The molecule has 1 fully saturated rings. The summed E-state index contributed by atoms with van der Waals surface area (Å²) in [6.45, 7) is 10.5. The van der Waals surface area contributed by atoms with Crippen molar-refractivity contribution in [1.29, 1.82) is 0 Å². The number of pyridine rings is 1. The van der Waals surface area contributed by atoms with Crippen LogP contribution >= 0.6 is 0 Å². The number of nitrogens with one attached hydrogen (secondary N) is 1. The van der Waals surface area contributed by atoms with Gasteiger partial charge in [-0.15, -0.1) is 0 Å². The predicted molar refractivity (Wildman–Crippen MR) is 184 cm³/mol. The van der Waals surface area contributed by atoms with Crippen molar-refractivity contribution in [3.8, 4) is 0 Å². The van der Waals surface area contributed by atoms with E-state index in [-0.39, 0.29) is 17.4 Å². The standard InChI is InChI=1S/C36H58N4O4S/c1-3-4-25-39-26-28-40(29-27-39)35-23-20-33(31-38-35)36(41)37-24-16-14-12-10-8-6-5-7-9-11-13-15-17-30-44-45(42,43)34-21-18-32(2)19-22-34/h18-23,31H,3-17,24-30H2,1-2H3,(H,37,41). The van der Waals surface area contributed by atoms with Gasteiger partial charge in [0.15, 0.2) is 0 Å². The van der Waals surface area contributed by atoms with Gasteiger partial charge in [0, 0.05) is 38.9 Å². The van der Waals surface area contributed by atoms with Crippen molar-refractivity contribution in [3.63, 3.8) is 0 Å². The van der Waals surface area contributed by atoms with Gasteiger partial charge in [0.1, 0.15) is 5.82 Å². The third-order valence-corrected chi connectivity index (χ3v) is 10.0. The van der Waals surface area contributed by atoms with E-state index in [1.807, 2.05) is 19.1 Å². The molecule has 45 heavy (non-hydrogen) atoms. The van der Waals surface area contributed by atoms with Gasteiger partial charge in [0.25, 0.3) is 16.0 Å². The number of hydrogen-bond acceptors (Lipinski definition) is 7. The molecule has 0 unspecified atom stereocenters. The quantitative estimate of drug-likeness (QED) is 0.0990. The first-order chi connectivity index (χ1) is 21.9. The fraction of sp³-hybridized carbons (Fsp3) is 0.667. The minimum Gasteiger partial charge on any atom is -0.354 e. The third-order valence-electron chi connectivity index (χ3n) is 8.69. The lowest BCUT2D eigenvalue weighted by molar-refractivity contribution is 0.0952. The van der Waals surface area contributed by atoms with Crippen molar-refractivity contribution in [1.82, 2.24) is 15.2 Å². The van der Waals surface area contributed by atoms with E-state index in [1.165, 1.54) is 70.8 Å². The molecular formula is C36H58N4O4S. The SMILES string of the molecule is CCCCN1CCN(c2ccc(C(=O)NCCCCCCCCCCCCCCCOS(=O)(=O)c3ccc(C)cc3)cn2)CC1. The Hall–Kier alpha value is -2.49. The van der Waals surface area contributed by atoms with Gasteiger partial charge in [-0.2, -0.15) is 8.42 Å². The molecule has 0 spiro atoms. The molecule has 1 aromatic carbocycles. The minimum absolute atomic E-state index is 0.0298. The average Bonchev–Trinajstić information content (AvgIpc) is 3.05. The van der Waals surface area contributed by atoms with Crippen LogP contribution in [0.4, 0.5) is 5.82 Å². The van der Waals surface area contributed by atoms with Gasteiger partial charge in [0.2, 0.25) is 0 Å². The highest BCUT2D eigenvalue weighted by Crippen LogP contribution is 2.17. The summed E-state index contributed by atoms with van der Waals surface area (Å²) in [5.41, 5.74) is 1.67. The van der Waals surface area contributed by atoms with E-state index in [0.29, 0.717) is 5.56 Å². The van der Waals surface area contributed by atoms with Gasteiger partial charge in [-0.3, -0.25) is 13.9 Å². The lowest BCUT2D eigenvalue weighted by atomic mass is 10.0. The molecule has 8 nitrogen and oxygen atoms in total. The van der Waals surface area contributed by atoms with Gasteiger partial charge < -0.3 is 10.2 Å². The van der Waals surface area contributed by atoms with Gasteiger partial charge in [-0.25, -0.2) is 4.98 Å². The average molecular weight is 643 g/mol. The highest BCUT2D eigenvalue weighted by Gasteiger charge is 2.18. The van der Waals surface area contributed by atoms with Crippen molar-refractivity contribution in [2.75, 3.05) is 50.8 Å². The Morgan fingerprint density at radius 3 is 1.91 bits per heavy atom. The van der Waals surface area contributed by atoms with Crippen LogP contribution in [0.5, 0.6) is 0 Å². The molecule has 0 bridgehead atoms. The number of benzene rings is 1. The number of piperazine rings is 1. The van der Waals surface area contributed by atoms with Crippen LogP contribution in [0.1, 0.15) is 119 Å². The first-order valence-corrected chi connectivity index (χ1v) is 19.0. The minimum atomic E-state index is -3.64. The fourth-order valence-corrected chi connectivity index (χ4v) is 6.65. The van der Waals surface area contributed by atoms with Crippen LogP contribution in [-0.4, -0.2) is 70.1 Å². The van der Waals surface area contributed by atoms with E-state index in [0.717, 1.165) is 76.2 Å². The number of rotatable bonds is 23. The Morgan fingerprint density at radius 1 is 0.778 bits per heavy atom. The lowest BCUT2D eigenvalue weighted by Gasteiger charge is -2.35. The Kier molecular flexibility index (Phi) is 17.5. The summed E-state index contributed by atoms with van der Waals surface area (Å²) >= 11 is 0. The summed E-state index contributed by atoms with van der Waals surface area (Å²) in [4.78, 5) is 22.2. The summed E-state index contributed by atoms with van der Waals surface area (Å²) in [5.74, 6) is 0.937. The second kappa shape index (κ2) is 21.3. The van der Waals surface area contributed by atoms with Gasteiger partial charge in [-0.05, 0) is 57.0 Å². The molecule has 0 radical (unpaired) electrons. The zero-order valence-corrected chi connectivity index (χ0v) is 28.8. The monoisotopic (exact) mass is 642 g/mol. The number of amides is 1. The third kappa shape index (κ3) is 14.6.